The number of rotatable bonds is 9. The summed E-state index contributed by atoms with van der Waals surface area (Å²) in [4.78, 5) is 13.2. The van der Waals surface area contributed by atoms with Crippen molar-refractivity contribution >= 4 is 23.2 Å². The highest BCUT2D eigenvalue weighted by Gasteiger charge is 2.38. The zero-order chi connectivity index (χ0) is 25.8. The summed E-state index contributed by atoms with van der Waals surface area (Å²) >= 11 is 1.44. The molecule has 1 aromatic heterocycles. The number of hydrogen-bond donors (Lipinski definition) is 1. The molecule has 1 N–H and O–H groups in total. The van der Waals surface area contributed by atoms with E-state index in [4.69, 9.17) is 4.42 Å². The third kappa shape index (κ3) is 7.04. The quantitative estimate of drug-likeness (QED) is 0.255. The van der Waals surface area contributed by atoms with Crippen LogP contribution < -0.4 is 4.90 Å². The van der Waals surface area contributed by atoms with Gasteiger partial charge in [-0.05, 0) is 30.5 Å². The Balaban J connectivity index is 1.99. The summed E-state index contributed by atoms with van der Waals surface area (Å²) in [5.74, 6) is 0.191. The molecule has 3 aromatic rings. The SMILES string of the molecule is CSCc1ccc(CN(CC(F)(F)F)c2ccc(C(O)C(=O)c3ccccc3)c(C(F)(F)F)c2)o1. The lowest BCUT2D eigenvalue weighted by molar-refractivity contribution is -0.138. The van der Waals surface area contributed by atoms with Gasteiger partial charge < -0.3 is 14.4 Å². The number of halogens is 6. The standard InChI is InChI=1S/C24H21F6NO3S/c1-35-13-18-9-8-17(34-18)12-31(14-23(25,26)27)16-7-10-19(20(11-16)24(28,29)30)22(33)21(32)15-5-3-2-4-6-15/h2-11,22,33H,12-14H2,1H3. The van der Waals surface area contributed by atoms with E-state index >= 15 is 0 Å². The predicted octanol–water partition coefficient (Wildman–Crippen LogP) is 6.65. The van der Waals surface area contributed by atoms with Gasteiger partial charge in [-0.2, -0.15) is 38.1 Å². The number of ketones is 1. The number of furan rings is 1. The van der Waals surface area contributed by atoms with Crippen LogP contribution in [0.15, 0.2) is 65.1 Å². The van der Waals surface area contributed by atoms with E-state index in [1.165, 1.54) is 42.1 Å². The molecular formula is C24H21F6NO3S. The van der Waals surface area contributed by atoms with Gasteiger partial charge in [0.1, 0.15) is 24.2 Å². The van der Waals surface area contributed by atoms with Crippen LogP contribution in [0.4, 0.5) is 32.0 Å². The number of anilines is 1. The van der Waals surface area contributed by atoms with Gasteiger partial charge in [-0.1, -0.05) is 36.4 Å². The zero-order valence-corrected chi connectivity index (χ0v) is 19.2. The van der Waals surface area contributed by atoms with Crippen LogP contribution in [0.3, 0.4) is 0 Å². The van der Waals surface area contributed by atoms with Crippen molar-refractivity contribution in [3.05, 3.63) is 88.9 Å². The van der Waals surface area contributed by atoms with Crippen LogP contribution in [-0.4, -0.2) is 29.9 Å². The molecule has 0 spiro atoms. The maximum Gasteiger partial charge on any atom is 0.416 e. The van der Waals surface area contributed by atoms with Crippen LogP contribution in [-0.2, 0) is 18.5 Å². The van der Waals surface area contributed by atoms with E-state index in [0.717, 1.165) is 12.1 Å². The topological polar surface area (TPSA) is 53.7 Å². The summed E-state index contributed by atoms with van der Waals surface area (Å²) in [5.41, 5.74) is -2.54. The number of aliphatic hydroxyl groups is 1. The van der Waals surface area contributed by atoms with Crippen molar-refractivity contribution in [3.63, 3.8) is 0 Å². The van der Waals surface area contributed by atoms with Crippen LogP contribution in [0, 0.1) is 0 Å². The molecule has 0 bridgehead atoms. The average molecular weight is 517 g/mol. The maximum atomic E-state index is 13.9. The minimum Gasteiger partial charge on any atom is -0.463 e. The summed E-state index contributed by atoms with van der Waals surface area (Å²) in [6.45, 7) is -1.97. The number of hydrogen-bond acceptors (Lipinski definition) is 5. The molecule has 0 saturated carbocycles. The van der Waals surface area contributed by atoms with Gasteiger partial charge in [0.15, 0.2) is 5.78 Å². The first-order valence-electron chi connectivity index (χ1n) is 10.3. The lowest BCUT2D eigenvalue weighted by Gasteiger charge is -2.27. The summed E-state index contributed by atoms with van der Waals surface area (Å²) in [6.07, 6.45) is -10.1. The molecular weight excluding hydrogens is 496 g/mol. The minimum absolute atomic E-state index is 0.00485. The molecule has 1 atom stereocenters. The van der Waals surface area contributed by atoms with Crippen molar-refractivity contribution in [1.29, 1.82) is 0 Å². The van der Waals surface area contributed by atoms with E-state index in [9.17, 15) is 36.2 Å². The first-order chi connectivity index (χ1) is 16.4. The van der Waals surface area contributed by atoms with Gasteiger partial charge in [0.2, 0.25) is 0 Å². The van der Waals surface area contributed by atoms with Crippen molar-refractivity contribution in [2.45, 2.75) is 30.8 Å². The van der Waals surface area contributed by atoms with Gasteiger partial charge in [0, 0.05) is 16.8 Å². The van der Waals surface area contributed by atoms with Crippen molar-refractivity contribution in [3.8, 4) is 0 Å². The maximum absolute atomic E-state index is 13.9. The fourth-order valence-electron chi connectivity index (χ4n) is 3.50. The molecule has 2 aromatic carbocycles. The smallest absolute Gasteiger partial charge is 0.416 e. The minimum atomic E-state index is -5.04. The largest absolute Gasteiger partial charge is 0.463 e. The van der Waals surface area contributed by atoms with E-state index in [1.54, 1.807) is 12.1 Å². The Hall–Kier alpha value is -2.92. The number of Topliss-reactive ketones (excluding diaryl/α,β-unsaturated/α-hetero) is 1. The molecule has 0 radical (unpaired) electrons. The van der Waals surface area contributed by atoms with Crippen LogP contribution in [0.5, 0.6) is 0 Å². The predicted molar refractivity (Wildman–Crippen MR) is 120 cm³/mol. The molecule has 0 aliphatic heterocycles. The first kappa shape index (κ1) is 26.7. The number of alkyl halides is 6. The summed E-state index contributed by atoms with van der Waals surface area (Å²) in [6, 6.07) is 12.7. The van der Waals surface area contributed by atoms with Crippen LogP contribution >= 0.6 is 11.8 Å². The Morgan fingerprint density at radius 2 is 1.66 bits per heavy atom. The van der Waals surface area contributed by atoms with E-state index in [1.807, 2.05) is 6.26 Å². The van der Waals surface area contributed by atoms with Crippen LogP contribution in [0.1, 0.15) is 39.1 Å². The van der Waals surface area contributed by atoms with Crippen molar-refractivity contribution in [2.24, 2.45) is 0 Å². The van der Waals surface area contributed by atoms with Crippen molar-refractivity contribution in [2.75, 3.05) is 17.7 Å². The third-order valence-electron chi connectivity index (χ3n) is 5.03. The van der Waals surface area contributed by atoms with Crippen LogP contribution in [0.2, 0.25) is 0 Å². The monoisotopic (exact) mass is 517 g/mol. The van der Waals surface area contributed by atoms with Crippen molar-refractivity contribution in [1.82, 2.24) is 0 Å². The van der Waals surface area contributed by atoms with Gasteiger partial charge in [0.05, 0.1) is 17.9 Å². The zero-order valence-electron chi connectivity index (χ0n) is 18.4. The molecule has 35 heavy (non-hydrogen) atoms. The Morgan fingerprint density at radius 3 is 2.26 bits per heavy atom. The molecule has 1 unspecified atom stereocenters. The highest BCUT2D eigenvalue weighted by Crippen LogP contribution is 2.39. The Bertz CT molecular complexity index is 1140. The van der Waals surface area contributed by atoms with E-state index in [-0.39, 0.29) is 17.0 Å². The van der Waals surface area contributed by atoms with Gasteiger partial charge in [-0.15, -0.1) is 0 Å². The number of aliphatic hydroxyl groups excluding tert-OH is 1. The lowest BCUT2D eigenvalue weighted by atomic mass is 9.95. The van der Waals surface area contributed by atoms with Gasteiger partial charge >= 0.3 is 12.4 Å². The number of benzene rings is 2. The molecule has 0 amide bonds. The fraction of sp³-hybridized carbons (Fsp3) is 0.292. The molecule has 4 nitrogen and oxygen atoms in total. The van der Waals surface area contributed by atoms with E-state index in [0.29, 0.717) is 22.5 Å². The number of thioether (sulfide) groups is 1. The van der Waals surface area contributed by atoms with Crippen molar-refractivity contribution < 1.29 is 40.7 Å². The van der Waals surface area contributed by atoms with Gasteiger partial charge in [-0.3, -0.25) is 4.79 Å². The Morgan fingerprint density at radius 1 is 1.00 bits per heavy atom. The number of nitrogens with zero attached hydrogens (tertiary/aromatic N) is 1. The third-order valence-corrected chi connectivity index (χ3v) is 5.60. The van der Waals surface area contributed by atoms with E-state index < -0.39 is 48.5 Å². The highest BCUT2D eigenvalue weighted by atomic mass is 32.2. The summed E-state index contributed by atoms with van der Waals surface area (Å²) in [5, 5.41) is 10.4. The molecule has 0 fully saturated rings. The molecule has 188 valence electrons. The molecule has 11 heteroatoms. The second-order valence-corrected chi connectivity index (χ2v) is 8.54. The second kappa shape index (κ2) is 10.8. The number of carbonyl (C=O) groups is 1. The fourth-order valence-corrected chi connectivity index (χ4v) is 3.94. The summed E-state index contributed by atoms with van der Waals surface area (Å²) in [7, 11) is 0. The Labute approximate surface area is 201 Å². The van der Waals surface area contributed by atoms with Gasteiger partial charge in [-0.25, -0.2) is 0 Å². The normalized spacial score (nSPS) is 13.0. The molecule has 1 heterocycles. The summed E-state index contributed by atoms with van der Waals surface area (Å²) < 4.78 is 87.0. The molecule has 3 rings (SSSR count). The lowest BCUT2D eigenvalue weighted by Crippen LogP contribution is -2.34. The van der Waals surface area contributed by atoms with Crippen LogP contribution in [0.25, 0.3) is 0 Å². The highest BCUT2D eigenvalue weighted by molar-refractivity contribution is 7.97. The van der Waals surface area contributed by atoms with E-state index in [2.05, 4.69) is 0 Å². The van der Waals surface area contributed by atoms with Gasteiger partial charge in [0.25, 0.3) is 0 Å². The first-order valence-corrected chi connectivity index (χ1v) is 11.6. The molecule has 0 saturated heterocycles. The molecule has 0 aliphatic carbocycles. The second-order valence-electron chi connectivity index (χ2n) is 7.67. The Kier molecular flexibility index (Phi) is 8.22. The average Bonchev–Trinajstić information content (AvgIpc) is 3.23. The molecule has 0 aliphatic rings. The number of carbonyl (C=O) groups excluding carboxylic acids is 1.